The fourth-order valence-corrected chi connectivity index (χ4v) is 3.72. The Bertz CT molecular complexity index is 502. The number of benzene rings is 1. The molecule has 1 heteroatoms. The first kappa shape index (κ1) is 24.7. The van der Waals surface area contributed by atoms with Gasteiger partial charge in [-0.25, -0.2) is 0 Å². The summed E-state index contributed by atoms with van der Waals surface area (Å²) in [5.41, 5.74) is 0.861. The number of rotatable bonds is 18. The lowest BCUT2D eigenvalue weighted by Gasteiger charge is -2.10. The fraction of sp³-hybridized carbons (Fsp3) is 0.667. The molecule has 0 heterocycles. The summed E-state index contributed by atoms with van der Waals surface area (Å²) < 4.78 is 0. The van der Waals surface area contributed by atoms with Crippen LogP contribution in [0.4, 0.5) is 0 Å². The molecule has 1 rings (SSSR count). The molecule has 0 aromatic heterocycles. The van der Waals surface area contributed by atoms with Crippen LogP contribution in [0.1, 0.15) is 121 Å². The summed E-state index contributed by atoms with van der Waals surface area (Å²) in [6, 6.07) is 9.72. The smallest absolute Gasteiger partial charge is 0.165 e. The first-order valence-corrected chi connectivity index (χ1v) is 12.0. The molecule has 158 valence electrons. The summed E-state index contributed by atoms with van der Waals surface area (Å²) in [7, 11) is 0. The van der Waals surface area contributed by atoms with Crippen LogP contribution in [0.2, 0.25) is 0 Å². The lowest BCUT2D eigenvalue weighted by molar-refractivity contribution is 0.0922. The highest BCUT2D eigenvalue weighted by molar-refractivity contribution is 5.97. The van der Waals surface area contributed by atoms with Gasteiger partial charge in [-0.3, -0.25) is 4.79 Å². The molecule has 28 heavy (non-hydrogen) atoms. The van der Waals surface area contributed by atoms with Crippen LogP contribution in [0.15, 0.2) is 42.5 Å². The molecular formula is C27H44O. The minimum absolute atomic E-state index is 0.152. The zero-order chi connectivity index (χ0) is 20.3. The number of carbonyl (C=O) groups is 1. The largest absolute Gasteiger partial charge is 0.294 e. The Morgan fingerprint density at radius 1 is 0.750 bits per heavy atom. The third-order valence-electron chi connectivity index (χ3n) is 5.65. The van der Waals surface area contributed by atoms with Crippen molar-refractivity contribution in [1.29, 1.82) is 0 Å². The van der Waals surface area contributed by atoms with E-state index in [0.717, 1.165) is 12.0 Å². The summed E-state index contributed by atoms with van der Waals surface area (Å²) in [4.78, 5) is 12.3. The standard InChI is InChI=1S/C27H44O/c1-3-4-5-6-7-8-9-10-11-12-13-14-15-16-17-19-22-25(2)27(28)26-23-20-18-21-24-26/h10-11,18,20-21,23-25H,3-9,12-17,19,22H2,1-2H3/b11-10-. The third-order valence-corrected chi connectivity index (χ3v) is 5.65. The van der Waals surface area contributed by atoms with E-state index in [2.05, 4.69) is 26.0 Å². The second-order valence-electron chi connectivity index (χ2n) is 8.36. The van der Waals surface area contributed by atoms with Gasteiger partial charge in [-0.05, 0) is 32.1 Å². The van der Waals surface area contributed by atoms with Gasteiger partial charge in [0.05, 0.1) is 0 Å². The molecule has 0 spiro atoms. The molecule has 0 saturated carbocycles. The van der Waals surface area contributed by atoms with E-state index in [4.69, 9.17) is 0 Å². The van der Waals surface area contributed by atoms with E-state index in [9.17, 15) is 4.79 Å². The Kier molecular flexibility index (Phi) is 15.6. The van der Waals surface area contributed by atoms with Crippen molar-refractivity contribution < 1.29 is 4.79 Å². The van der Waals surface area contributed by atoms with Gasteiger partial charge in [0, 0.05) is 11.5 Å². The van der Waals surface area contributed by atoms with Gasteiger partial charge < -0.3 is 0 Å². The van der Waals surface area contributed by atoms with Crippen LogP contribution in [0.25, 0.3) is 0 Å². The molecule has 0 aliphatic rings. The Morgan fingerprint density at radius 3 is 1.82 bits per heavy atom. The van der Waals surface area contributed by atoms with Gasteiger partial charge in [-0.2, -0.15) is 0 Å². The van der Waals surface area contributed by atoms with Crippen molar-refractivity contribution in [3.8, 4) is 0 Å². The Hall–Kier alpha value is -1.37. The first-order chi connectivity index (χ1) is 13.8. The Balaban J connectivity index is 1.87. The summed E-state index contributed by atoms with van der Waals surface area (Å²) in [5, 5.41) is 0. The molecule has 0 radical (unpaired) electrons. The van der Waals surface area contributed by atoms with Crippen molar-refractivity contribution in [2.24, 2.45) is 5.92 Å². The summed E-state index contributed by atoms with van der Waals surface area (Å²) in [6.45, 7) is 4.35. The molecule has 0 fully saturated rings. The maximum absolute atomic E-state index is 12.3. The van der Waals surface area contributed by atoms with E-state index in [1.165, 1.54) is 89.9 Å². The minimum Gasteiger partial charge on any atom is -0.294 e. The number of ketones is 1. The number of allylic oxidation sites excluding steroid dienone is 2. The number of Topliss-reactive ketones (excluding diaryl/α,β-unsaturated/α-hetero) is 1. The van der Waals surface area contributed by atoms with E-state index in [-0.39, 0.29) is 5.92 Å². The molecule has 0 bridgehead atoms. The second kappa shape index (κ2) is 17.7. The highest BCUT2D eigenvalue weighted by Crippen LogP contribution is 2.17. The molecule has 1 nitrogen and oxygen atoms in total. The van der Waals surface area contributed by atoms with Crippen molar-refractivity contribution in [2.45, 2.75) is 110 Å². The molecule has 0 aliphatic carbocycles. The monoisotopic (exact) mass is 384 g/mol. The highest BCUT2D eigenvalue weighted by atomic mass is 16.1. The molecule has 1 aromatic carbocycles. The molecule has 1 atom stereocenters. The molecular weight excluding hydrogens is 340 g/mol. The van der Waals surface area contributed by atoms with Gasteiger partial charge >= 0.3 is 0 Å². The first-order valence-electron chi connectivity index (χ1n) is 12.0. The van der Waals surface area contributed by atoms with Crippen molar-refractivity contribution in [2.75, 3.05) is 0 Å². The maximum Gasteiger partial charge on any atom is 0.165 e. The van der Waals surface area contributed by atoms with Crippen molar-refractivity contribution in [1.82, 2.24) is 0 Å². The highest BCUT2D eigenvalue weighted by Gasteiger charge is 2.13. The van der Waals surface area contributed by atoms with E-state index in [1.807, 2.05) is 30.3 Å². The predicted molar refractivity (Wildman–Crippen MR) is 124 cm³/mol. The van der Waals surface area contributed by atoms with Crippen LogP contribution in [-0.4, -0.2) is 5.78 Å². The van der Waals surface area contributed by atoms with Crippen molar-refractivity contribution in [3.63, 3.8) is 0 Å². The number of hydrogen-bond donors (Lipinski definition) is 0. The summed E-state index contributed by atoms with van der Waals surface area (Å²) in [5.74, 6) is 0.451. The lowest BCUT2D eigenvalue weighted by Crippen LogP contribution is -2.11. The van der Waals surface area contributed by atoms with Crippen LogP contribution in [-0.2, 0) is 0 Å². The van der Waals surface area contributed by atoms with E-state index < -0.39 is 0 Å². The van der Waals surface area contributed by atoms with Gasteiger partial charge in [-0.1, -0.05) is 121 Å². The van der Waals surface area contributed by atoms with Gasteiger partial charge in [0.1, 0.15) is 0 Å². The Morgan fingerprint density at radius 2 is 1.25 bits per heavy atom. The van der Waals surface area contributed by atoms with Gasteiger partial charge in [0.25, 0.3) is 0 Å². The molecule has 0 N–H and O–H groups in total. The topological polar surface area (TPSA) is 17.1 Å². The fourth-order valence-electron chi connectivity index (χ4n) is 3.72. The van der Waals surface area contributed by atoms with Crippen molar-refractivity contribution in [3.05, 3.63) is 48.0 Å². The summed E-state index contributed by atoms with van der Waals surface area (Å²) in [6.07, 6.45) is 24.4. The van der Waals surface area contributed by atoms with Gasteiger partial charge in [0.15, 0.2) is 5.78 Å². The zero-order valence-corrected chi connectivity index (χ0v) is 18.6. The second-order valence-corrected chi connectivity index (χ2v) is 8.36. The lowest BCUT2D eigenvalue weighted by atomic mass is 9.94. The average Bonchev–Trinajstić information content (AvgIpc) is 2.73. The van der Waals surface area contributed by atoms with Crippen molar-refractivity contribution >= 4 is 5.78 Å². The van der Waals surface area contributed by atoms with Gasteiger partial charge in [-0.15, -0.1) is 0 Å². The SMILES string of the molecule is CCCCCCCC/C=C\CCCCCCCCC(C)C(=O)c1ccccc1. The molecule has 0 aliphatic heterocycles. The van der Waals surface area contributed by atoms with Crippen LogP contribution < -0.4 is 0 Å². The van der Waals surface area contributed by atoms with Crippen LogP contribution in [0.5, 0.6) is 0 Å². The molecule has 1 aromatic rings. The summed E-state index contributed by atoms with van der Waals surface area (Å²) >= 11 is 0. The average molecular weight is 385 g/mol. The number of carbonyl (C=O) groups excluding carboxylic acids is 1. The minimum atomic E-state index is 0.152. The normalized spacial score (nSPS) is 12.5. The van der Waals surface area contributed by atoms with E-state index in [1.54, 1.807) is 0 Å². The maximum atomic E-state index is 12.3. The van der Waals surface area contributed by atoms with Gasteiger partial charge in [0.2, 0.25) is 0 Å². The van der Waals surface area contributed by atoms with E-state index >= 15 is 0 Å². The quantitative estimate of drug-likeness (QED) is 0.140. The van der Waals surface area contributed by atoms with Crippen LogP contribution >= 0.6 is 0 Å². The van der Waals surface area contributed by atoms with E-state index in [0.29, 0.717) is 5.78 Å². The van der Waals surface area contributed by atoms with Crippen LogP contribution in [0.3, 0.4) is 0 Å². The zero-order valence-electron chi connectivity index (χ0n) is 18.6. The molecule has 0 saturated heterocycles. The van der Waals surface area contributed by atoms with Crippen LogP contribution in [0, 0.1) is 5.92 Å². The predicted octanol–water partition coefficient (Wildman–Crippen LogP) is 8.93. The molecule has 0 amide bonds. The molecule has 1 unspecified atom stereocenters. The third kappa shape index (κ3) is 12.9. The number of unbranched alkanes of at least 4 members (excludes halogenated alkanes) is 12. The number of hydrogen-bond acceptors (Lipinski definition) is 1. The Labute approximate surface area is 175 Å².